The van der Waals surface area contributed by atoms with Gasteiger partial charge < -0.3 is 14.8 Å². The summed E-state index contributed by atoms with van der Waals surface area (Å²) in [6, 6.07) is 13.3. The quantitative estimate of drug-likeness (QED) is 0.175. The maximum atomic E-state index is 13.0. The number of esters is 1. The third kappa shape index (κ3) is 8.88. The lowest BCUT2D eigenvalue weighted by molar-refractivity contribution is -0.157. The summed E-state index contributed by atoms with van der Waals surface area (Å²) in [7, 11) is -1.52. The van der Waals surface area contributed by atoms with Crippen molar-refractivity contribution in [3.8, 4) is 5.75 Å². The van der Waals surface area contributed by atoms with Crippen molar-refractivity contribution >= 4 is 28.3 Å². The van der Waals surface area contributed by atoms with Crippen molar-refractivity contribution in [2.75, 3.05) is 24.9 Å². The molecule has 0 spiro atoms. The molecule has 0 radical (unpaired) electrons. The maximum absolute atomic E-state index is 13.0. The largest absolute Gasteiger partial charge is 0.496 e. The lowest BCUT2D eigenvalue weighted by atomic mass is 9.88. The molecule has 1 aliphatic rings. The van der Waals surface area contributed by atoms with Gasteiger partial charge in [0, 0.05) is 23.2 Å². The van der Waals surface area contributed by atoms with Crippen LogP contribution in [0.3, 0.4) is 0 Å². The molecule has 7 nitrogen and oxygen atoms in total. The topological polar surface area (TPSA) is 100 Å². The minimum Gasteiger partial charge on any atom is -0.496 e. The van der Waals surface area contributed by atoms with Crippen LogP contribution in [0, 0.1) is 0 Å². The maximum Gasteiger partial charge on any atom is 0.323 e. The highest BCUT2D eigenvalue weighted by Gasteiger charge is 2.42. The van der Waals surface area contributed by atoms with Crippen LogP contribution in [0.1, 0.15) is 89.5 Å². The minimum absolute atomic E-state index is 0.233. The first-order chi connectivity index (χ1) is 19.4. The highest BCUT2D eigenvalue weighted by Crippen LogP contribution is 2.58. The van der Waals surface area contributed by atoms with E-state index in [9.17, 15) is 13.9 Å². The molecule has 0 aliphatic carbocycles. The van der Waals surface area contributed by atoms with E-state index in [1.807, 2.05) is 57.4 Å². The molecule has 0 fully saturated rings. The van der Waals surface area contributed by atoms with Gasteiger partial charge in [0.1, 0.15) is 17.4 Å². The summed E-state index contributed by atoms with van der Waals surface area (Å²) in [5, 5.41) is 7.27. The predicted octanol–water partition coefficient (Wildman–Crippen LogP) is 7.39. The predicted molar refractivity (Wildman–Crippen MR) is 172 cm³/mol. The SMILES string of the molecule is CCCC[C@]1(CC)CS(O)(O)c2cc(CN[C@@H](CCSC)C(=O)OC(C)(C)C)c(OC)cc2[C@@H](c2ccccc2)N1. The number of fused-ring (bicyclic) bond motifs is 1. The number of unbranched alkanes of at least 4 members (excludes halogenated alkanes) is 1. The fraction of sp³-hybridized carbons (Fsp3) is 0.594. The van der Waals surface area contributed by atoms with E-state index in [1.165, 1.54) is 0 Å². The van der Waals surface area contributed by atoms with E-state index >= 15 is 0 Å². The summed E-state index contributed by atoms with van der Waals surface area (Å²) in [6.07, 6.45) is 6.29. The Morgan fingerprint density at radius 3 is 2.51 bits per heavy atom. The van der Waals surface area contributed by atoms with Crippen LogP contribution in [0.2, 0.25) is 0 Å². The van der Waals surface area contributed by atoms with Gasteiger partial charge in [-0.25, -0.2) is 0 Å². The van der Waals surface area contributed by atoms with E-state index in [2.05, 4.69) is 36.6 Å². The third-order valence-electron chi connectivity index (χ3n) is 7.66. The summed E-state index contributed by atoms with van der Waals surface area (Å²) in [5.74, 6) is 1.40. The van der Waals surface area contributed by atoms with Crippen LogP contribution < -0.4 is 15.4 Å². The Bertz CT molecular complexity index is 1140. The molecule has 41 heavy (non-hydrogen) atoms. The fourth-order valence-corrected chi connectivity index (χ4v) is 8.15. The van der Waals surface area contributed by atoms with Crippen LogP contribution in [-0.4, -0.2) is 57.1 Å². The van der Waals surface area contributed by atoms with Crippen LogP contribution in [0.5, 0.6) is 5.75 Å². The number of thioether (sulfide) groups is 1. The lowest BCUT2D eigenvalue weighted by Crippen LogP contribution is -2.49. The molecular formula is C32H50N2O5S2. The van der Waals surface area contributed by atoms with Crippen molar-refractivity contribution in [3.63, 3.8) is 0 Å². The monoisotopic (exact) mass is 606 g/mol. The Kier molecular flexibility index (Phi) is 12.0. The van der Waals surface area contributed by atoms with E-state index in [0.717, 1.165) is 48.1 Å². The van der Waals surface area contributed by atoms with Crippen LogP contribution in [0.25, 0.3) is 0 Å². The average Bonchev–Trinajstić information content (AvgIpc) is 3.02. The van der Waals surface area contributed by atoms with Gasteiger partial charge in [0.05, 0.1) is 23.8 Å². The Morgan fingerprint density at radius 1 is 1.22 bits per heavy atom. The van der Waals surface area contributed by atoms with Gasteiger partial charge in [-0.15, -0.1) is 0 Å². The number of carbonyl (C=O) groups is 1. The Morgan fingerprint density at radius 2 is 1.93 bits per heavy atom. The smallest absolute Gasteiger partial charge is 0.323 e. The minimum atomic E-state index is -3.15. The molecule has 0 saturated heterocycles. The molecular weight excluding hydrogens is 556 g/mol. The molecule has 3 atom stereocenters. The normalized spacial score (nSPS) is 21.8. The zero-order valence-electron chi connectivity index (χ0n) is 25.8. The van der Waals surface area contributed by atoms with Crippen molar-refractivity contribution in [1.29, 1.82) is 0 Å². The number of hydrogen-bond donors (Lipinski definition) is 4. The summed E-state index contributed by atoms with van der Waals surface area (Å²) in [6.45, 7) is 10.2. The van der Waals surface area contributed by atoms with Crippen LogP contribution in [0.4, 0.5) is 0 Å². The number of hydrogen-bond acceptors (Lipinski definition) is 8. The first-order valence-corrected chi connectivity index (χ1v) is 17.7. The molecule has 3 rings (SSSR count). The summed E-state index contributed by atoms with van der Waals surface area (Å²) >= 11 is 1.68. The van der Waals surface area contributed by atoms with E-state index in [4.69, 9.17) is 9.47 Å². The first-order valence-electron chi connectivity index (χ1n) is 14.6. The number of nitrogens with one attached hydrogen (secondary N) is 2. The molecule has 0 unspecified atom stereocenters. The standard InChI is InChI=1S/C32H50N2O5S2/c1-8-10-17-32(9-2)22-41(36,37)28-19-24(21-33-26(16-18-40-7)30(35)39-31(3,4)5)27(38-6)20-25(28)29(34-32)23-14-12-11-13-15-23/h11-15,19-20,26,29,33-34,36-37H,8-10,16-18,21-22H2,1-7H3/t26-,29+,32+/m0/s1. The number of methoxy groups -OCH3 is 1. The molecule has 230 valence electrons. The molecule has 9 heteroatoms. The summed E-state index contributed by atoms with van der Waals surface area (Å²) in [5.41, 5.74) is 1.63. The molecule has 2 aromatic rings. The van der Waals surface area contributed by atoms with E-state index < -0.39 is 27.8 Å². The summed E-state index contributed by atoms with van der Waals surface area (Å²) in [4.78, 5) is 13.5. The second-order valence-electron chi connectivity index (χ2n) is 12.0. The second-order valence-corrected chi connectivity index (χ2v) is 15.0. The van der Waals surface area contributed by atoms with Gasteiger partial charge in [0.2, 0.25) is 0 Å². The van der Waals surface area contributed by atoms with Gasteiger partial charge in [-0.3, -0.25) is 19.2 Å². The van der Waals surface area contributed by atoms with Crippen LogP contribution in [-0.2, 0) is 16.1 Å². The van der Waals surface area contributed by atoms with E-state index in [0.29, 0.717) is 23.6 Å². The molecule has 0 saturated carbocycles. The van der Waals surface area contributed by atoms with Crippen molar-refractivity contribution < 1.29 is 23.4 Å². The van der Waals surface area contributed by atoms with Crippen LogP contribution >= 0.6 is 22.4 Å². The van der Waals surface area contributed by atoms with Gasteiger partial charge in [0.15, 0.2) is 0 Å². The second kappa shape index (κ2) is 14.6. The zero-order valence-corrected chi connectivity index (χ0v) is 27.4. The molecule has 0 amide bonds. The zero-order chi connectivity index (χ0) is 30.3. The Hall–Kier alpha value is -1.75. The average molecular weight is 607 g/mol. The molecule has 0 bridgehead atoms. The molecule has 1 aliphatic heterocycles. The van der Waals surface area contributed by atoms with Crippen LogP contribution in [0.15, 0.2) is 47.4 Å². The number of rotatable bonds is 13. The highest BCUT2D eigenvalue weighted by molar-refractivity contribution is 8.24. The van der Waals surface area contributed by atoms with E-state index in [-0.39, 0.29) is 17.8 Å². The van der Waals surface area contributed by atoms with Gasteiger partial charge in [-0.1, -0.05) is 57.0 Å². The lowest BCUT2D eigenvalue weighted by Gasteiger charge is -2.42. The molecule has 0 aromatic heterocycles. The molecule has 4 N–H and O–H groups in total. The number of benzene rings is 2. The Labute approximate surface area is 252 Å². The number of carbonyl (C=O) groups excluding carboxylic acids is 1. The fourth-order valence-electron chi connectivity index (χ4n) is 5.44. The highest BCUT2D eigenvalue weighted by atomic mass is 32.3. The van der Waals surface area contributed by atoms with Crippen molar-refractivity contribution in [2.45, 2.75) is 101 Å². The van der Waals surface area contributed by atoms with Gasteiger partial charge in [-0.05, 0) is 69.7 Å². The van der Waals surface area contributed by atoms with Crippen molar-refractivity contribution in [1.82, 2.24) is 10.6 Å². The third-order valence-corrected chi connectivity index (χ3v) is 10.3. The van der Waals surface area contributed by atoms with Crippen molar-refractivity contribution in [2.24, 2.45) is 0 Å². The van der Waals surface area contributed by atoms with E-state index in [1.54, 1.807) is 18.9 Å². The Balaban J connectivity index is 2.07. The molecule has 1 heterocycles. The number of ether oxygens (including phenoxy) is 2. The molecule has 2 aromatic carbocycles. The summed E-state index contributed by atoms with van der Waals surface area (Å²) < 4.78 is 35.1. The van der Waals surface area contributed by atoms with Gasteiger partial charge in [-0.2, -0.15) is 22.4 Å². The first kappa shape index (κ1) is 33.7. The van der Waals surface area contributed by atoms with Gasteiger partial charge in [0.25, 0.3) is 0 Å². The van der Waals surface area contributed by atoms with Crippen molar-refractivity contribution in [3.05, 3.63) is 59.2 Å². The van der Waals surface area contributed by atoms with Gasteiger partial charge >= 0.3 is 5.97 Å².